The van der Waals surface area contributed by atoms with Gasteiger partial charge in [-0.3, -0.25) is 0 Å². The Kier molecular flexibility index (Phi) is 2.01. The van der Waals surface area contributed by atoms with Crippen molar-refractivity contribution in [1.29, 1.82) is 5.26 Å². The molecule has 0 amide bonds. The Labute approximate surface area is 94.6 Å². The summed E-state index contributed by atoms with van der Waals surface area (Å²) in [6, 6.07) is 12.8. The van der Waals surface area contributed by atoms with Gasteiger partial charge in [-0.25, -0.2) is 0 Å². The molecule has 0 aliphatic heterocycles. The zero-order chi connectivity index (χ0) is 11.0. The van der Waals surface area contributed by atoms with E-state index in [1.807, 2.05) is 12.1 Å². The molecule has 0 fully saturated rings. The van der Waals surface area contributed by atoms with Crippen molar-refractivity contribution in [1.82, 2.24) is 0 Å². The molecule has 1 nitrogen and oxygen atoms in total. The Hall–Kier alpha value is -2.07. The highest BCUT2D eigenvalue weighted by atomic mass is 14.2. The van der Waals surface area contributed by atoms with Crippen LogP contribution in [0.15, 0.2) is 36.4 Å². The van der Waals surface area contributed by atoms with E-state index in [1.54, 1.807) is 6.08 Å². The summed E-state index contributed by atoms with van der Waals surface area (Å²) >= 11 is 0. The minimum atomic E-state index is 1.14. The first-order valence-corrected chi connectivity index (χ1v) is 5.50. The number of aryl methyl sites for hydroxylation is 2. The highest BCUT2D eigenvalue weighted by Gasteiger charge is 2.14. The molecule has 16 heavy (non-hydrogen) atoms. The van der Waals surface area contributed by atoms with Crippen molar-refractivity contribution in [3.8, 4) is 6.07 Å². The Morgan fingerprint density at radius 2 is 1.88 bits per heavy atom. The molecule has 0 heterocycles. The van der Waals surface area contributed by atoms with Crippen molar-refractivity contribution >= 4 is 16.8 Å². The lowest BCUT2D eigenvalue weighted by Gasteiger charge is -2.04. The quantitative estimate of drug-likeness (QED) is 0.654. The van der Waals surface area contributed by atoms with Crippen molar-refractivity contribution in [3.05, 3.63) is 53.1 Å². The smallest absolute Gasteiger partial charge is 0.0912 e. The molecular weight excluding hydrogens is 194 g/mol. The maximum absolute atomic E-state index is 8.58. The van der Waals surface area contributed by atoms with Crippen LogP contribution in [0.2, 0.25) is 0 Å². The molecular formula is C15H11N. The second-order valence-corrected chi connectivity index (χ2v) is 4.12. The second-order valence-electron chi connectivity index (χ2n) is 4.12. The first kappa shape index (κ1) is 9.18. The lowest BCUT2D eigenvalue weighted by atomic mass is 10.00. The summed E-state index contributed by atoms with van der Waals surface area (Å²) in [4.78, 5) is 0. The molecule has 76 valence electrons. The van der Waals surface area contributed by atoms with Gasteiger partial charge in [0, 0.05) is 6.08 Å². The minimum Gasteiger partial charge on any atom is -0.193 e. The first-order valence-electron chi connectivity index (χ1n) is 5.50. The van der Waals surface area contributed by atoms with E-state index in [0.717, 1.165) is 18.4 Å². The number of hydrogen-bond donors (Lipinski definition) is 0. The van der Waals surface area contributed by atoms with E-state index in [4.69, 9.17) is 5.26 Å². The molecule has 0 aromatic heterocycles. The molecule has 1 heteroatoms. The molecule has 0 N–H and O–H groups in total. The van der Waals surface area contributed by atoms with Crippen LogP contribution in [-0.2, 0) is 12.8 Å². The average Bonchev–Trinajstić information content (AvgIpc) is 2.74. The highest BCUT2D eigenvalue weighted by molar-refractivity contribution is 5.96. The van der Waals surface area contributed by atoms with Crippen LogP contribution in [0.1, 0.15) is 16.7 Å². The van der Waals surface area contributed by atoms with Gasteiger partial charge in [-0.15, -0.1) is 0 Å². The van der Waals surface area contributed by atoms with Crippen LogP contribution in [0.25, 0.3) is 16.8 Å². The summed E-state index contributed by atoms with van der Waals surface area (Å²) in [6.07, 6.45) is 5.73. The van der Waals surface area contributed by atoms with Crippen LogP contribution in [0.5, 0.6) is 0 Å². The van der Waals surface area contributed by atoms with Gasteiger partial charge in [0.1, 0.15) is 0 Å². The van der Waals surface area contributed by atoms with Gasteiger partial charge >= 0.3 is 0 Å². The molecule has 0 atom stereocenters. The van der Waals surface area contributed by atoms with Gasteiger partial charge in [0.15, 0.2) is 0 Å². The number of hydrogen-bond acceptors (Lipinski definition) is 1. The van der Waals surface area contributed by atoms with Crippen LogP contribution < -0.4 is 0 Å². The molecule has 2 aromatic rings. The molecule has 0 spiro atoms. The molecule has 1 aliphatic carbocycles. The van der Waals surface area contributed by atoms with Crippen molar-refractivity contribution in [2.45, 2.75) is 12.8 Å². The number of nitriles is 1. The molecule has 1 aliphatic rings. The minimum absolute atomic E-state index is 1.14. The Morgan fingerprint density at radius 1 is 1.06 bits per heavy atom. The SMILES string of the molecule is N#CC=Cc1ccc2c3c(cccc13)CC2. The number of nitrogens with zero attached hydrogens (tertiary/aromatic N) is 1. The van der Waals surface area contributed by atoms with Gasteiger partial charge in [-0.2, -0.15) is 5.26 Å². The van der Waals surface area contributed by atoms with Gasteiger partial charge in [0.25, 0.3) is 0 Å². The maximum atomic E-state index is 8.58. The normalized spacial score (nSPS) is 13.4. The highest BCUT2D eigenvalue weighted by Crippen LogP contribution is 2.33. The predicted octanol–water partition coefficient (Wildman–Crippen LogP) is 3.48. The topological polar surface area (TPSA) is 23.8 Å². The van der Waals surface area contributed by atoms with Crippen LogP contribution in [0, 0.1) is 11.3 Å². The number of benzene rings is 2. The Morgan fingerprint density at radius 3 is 2.69 bits per heavy atom. The molecule has 0 bridgehead atoms. The molecule has 0 saturated carbocycles. The average molecular weight is 205 g/mol. The second kappa shape index (κ2) is 3.50. The summed E-state index contributed by atoms with van der Waals surface area (Å²) in [6.45, 7) is 0. The largest absolute Gasteiger partial charge is 0.193 e. The third-order valence-electron chi connectivity index (χ3n) is 3.25. The molecule has 2 aromatic carbocycles. The predicted molar refractivity (Wildman–Crippen MR) is 66.0 cm³/mol. The summed E-state index contributed by atoms with van der Waals surface area (Å²) in [5.41, 5.74) is 4.03. The number of rotatable bonds is 1. The Balaban J connectivity index is 2.34. The summed E-state index contributed by atoms with van der Waals surface area (Å²) < 4.78 is 0. The third-order valence-corrected chi connectivity index (χ3v) is 3.25. The standard InChI is InChI=1S/C15H11N/c16-10-2-4-11-6-7-13-9-8-12-3-1-5-14(11)15(12)13/h1-7H,8-9H2. The number of allylic oxidation sites excluding steroid dienone is 1. The van der Waals surface area contributed by atoms with Gasteiger partial charge in [-0.05, 0) is 46.4 Å². The van der Waals surface area contributed by atoms with Crippen molar-refractivity contribution in [2.75, 3.05) is 0 Å². The zero-order valence-corrected chi connectivity index (χ0v) is 8.90. The van der Waals surface area contributed by atoms with Crippen molar-refractivity contribution < 1.29 is 0 Å². The monoisotopic (exact) mass is 205 g/mol. The van der Waals surface area contributed by atoms with E-state index in [-0.39, 0.29) is 0 Å². The molecule has 0 saturated heterocycles. The maximum Gasteiger partial charge on any atom is 0.0912 e. The summed E-state index contributed by atoms with van der Waals surface area (Å²) in [5.74, 6) is 0. The summed E-state index contributed by atoms with van der Waals surface area (Å²) in [5, 5.41) is 11.3. The van der Waals surface area contributed by atoms with E-state index < -0.39 is 0 Å². The molecule has 0 radical (unpaired) electrons. The summed E-state index contributed by atoms with van der Waals surface area (Å²) in [7, 11) is 0. The van der Waals surface area contributed by atoms with E-state index in [1.165, 1.54) is 21.9 Å². The Bertz CT molecular complexity index is 619. The molecule has 0 unspecified atom stereocenters. The fourth-order valence-corrected chi connectivity index (χ4v) is 2.54. The van der Waals surface area contributed by atoms with Gasteiger partial charge in [0.2, 0.25) is 0 Å². The lowest BCUT2D eigenvalue weighted by Crippen LogP contribution is -1.82. The van der Waals surface area contributed by atoms with Crippen LogP contribution in [0.3, 0.4) is 0 Å². The first-order chi connectivity index (χ1) is 7.90. The van der Waals surface area contributed by atoms with Gasteiger partial charge in [-0.1, -0.05) is 30.3 Å². The lowest BCUT2D eigenvalue weighted by molar-refractivity contribution is 1.02. The molecule has 3 rings (SSSR count). The van der Waals surface area contributed by atoms with Crippen LogP contribution in [0.4, 0.5) is 0 Å². The van der Waals surface area contributed by atoms with Crippen molar-refractivity contribution in [3.63, 3.8) is 0 Å². The van der Waals surface area contributed by atoms with E-state index in [2.05, 4.69) is 30.3 Å². The third kappa shape index (κ3) is 1.24. The van der Waals surface area contributed by atoms with Crippen molar-refractivity contribution in [2.24, 2.45) is 0 Å². The van der Waals surface area contributed by atoms with Crippen LogP contribution >= 0.6 is 0 Å². The van der Waals surface area contributed by atoms with E-state index in [0.29, 0.717) is 0 Å². The fraction of sp³-hybridized carbons (Fsp3) is 0.133. The van der Waals surface area contributed by atoms with E-state index in [9.17, 15) is 0 Å². The van der Waals surface area contributed by atoms with Crippen LogP contribution in [-0.4, -0.2) is 0 Å². The van der Waals surface area contributed by atoms with Gasteiger partial charge < -0.3 is 0 Å². The van der Waals surface area contributed by atoms with E-state index >= 15 is 0 Å². The zero-order valence-electron chi connectivity index (χ0n) is 8.90. The van der Waals surface area contributed by atoms with Gasteiger partial charge in [0.05, 0.1) is 6.07 Å². The fourth-order valence-electron chi connectivity index (χ4n) is 2.54.